The number of amides is 1. The number of halogens is 1. The number of pyridine rings is 1. The molecule has 7 nitrogen and oxygen atoms in total. The minimum atomic E-state index is -0.330. The second kappa shape index (κ2) is 8.30. The van der Waals surface area contributed by atoms with Crippen LogP contribution in [0.25, 0.3) is 11.3 Å². The molecular weight excluding hydrogens is 337 g/mol. The van der Waals surface area contributed by atoms with E-state index in [1.807, 2.05) is 4.57 Å². The lowest BCUT2D eigenvalue weighted by atomic mass is 10.1. The molecule has 0 saturated carbocycles. The van der Waals surface area contributed by atoms with Gasteiger partial charge in [0.25, 0.3) is 5.91 Å². The molecule has 134 valence electrons. The first-order chi connectivity index (χ1) is 12.7. The molecule has 0 fully saturated rings. The maximum Gasteiger partial charge on any atom is 0.253 e. The van der Waals surface area contributed by atoms with Crippen molar-refractivity contribution in [2.45, 2.75) is 13.1 Å². The number of carbonyl (C=O) groups is 1. The van der Waals surface area contributed by atoms with Gasteiger partial charge in [-0.1, -0.05) is 12.1 Å². The van der Waals surface area contributed by atoms with Crippen LogP contribution in [0.3, 0.4) is 0 Å². The van der Waals surface area contributed by atoms with Crippen LogP contribution in [0.15, 0.2) is 48.9 Å². The first kappa shape index (κ1) is 17.7. The molecule has 1 amide bonds. The Morgan fingerprint density at radius 3 is 2.92 bits per heavy atom. The summed E-state index contributed by atoms with van der Waals surface area (Å²) in [4.78, 5) is 16.5. The van der Waals surface area contributed by atoms with Crippen molar-refractivity contribution in [2.75, 3.05) is 13.7 Å². The van der Waals surface area contributed by atoms with Crippen LogP contribution in [-0.2, 0) is 17.8 Å². The van der Waals surface area contributed by atoms with E-state index in [4.69, 9.17) is 4.74 Å². The number of methoxy groups -OCH3 is 1. The fourth-order valence-corrected chi connectivity index (χ4v) is 2.40. The van der Waals surface area contributed by atoms with Crippen molar-refractivity contribution in [1.82, 2.24) is 25.1 Å². The predicted molar refractivity (Wildman–Crippen MR) is 92.7 cm³/mol. The topological polar surface area (TPSA) is 81.9 Å². The Morgan fingerprint density at radius 2 is 2.19 bits per heavy atom. The van der Waals surface area contributed by atoms with Crippen LogP contribution in [-0.4, -0.2) is 39.4 Å². The predicted octanol–water partition coefficient (Wildman–Crippen LogP) is 2.06. The van der Waals surface area contributed by atoms with Crippen molar-refractivity contribution in [3.8, 4) is 11.3 Å². The number of nitrogens with one attached hydrogen (secondary N) is 1. The van der Waals surface area contributed by atoms with Crippen molar-refractivity contribution >= 4 is 5.91 Å². The lowest BCUT2D eigenvalue weighted by Crippen LogP contribution is -2.25. The number of benzene rings is 1. The molecule has 0 radical (unpaired) electrons. The van der Waals surface area contributed by atoms with E-state index in [9.17, 15) is 9.18 Å². The summed E-state index contributed by atoms with van der Waals surface area (Å²) >= 11 is 0. The minimum Gasteiger partial charge on any atom is -0.383 e. The first-order valence-corrected chi connectivity index (χ1v) is 8.03. The molecule has 0 atom stereocenters. The fourth-order valence-electron chi connectivity index (χ4n) is 2.40. The van der Waals surface area contributed by atoms with Gasteiger partial charge >= 0.3 is 0 Å². The van der Waals surface area contributed by atoms with Crippen LogP contribution < -0.4 is 5.32 Å². The molecule has 0 saturated heterocycles. The summed E-state index contributed by atoms with van der Waals surface area (Å²) in [6.45, 7) is 1.39. The maximum absolute atomic E-state index is 13.3. The van der Waals surface area contributed by atoms with Gasteiger partial charge in [0.1, 0.15) is 12.1 Å². The van der Waals surface area contributed by atoms with Crippen LogP contribution >= 0.6 is 0 Å². The highest BCUT2D eigenvalue weighted by Crippen LogP contribution is 2.17. The van der Waals surface area contributed by atoms with Gasteiger partial charge in [0.15, 0.2) is 5.82 Å². The summed E-state index contributed by atoms with van der Waals surface area (Å²) in [5, 5.41) is 10.6. The standard InChI is InChI=1S/C18H18FN5O2/c1-26-8-7-24-12-22-23-17(24)11-21-18(25)14-5-6-16(20-10-14)13-3-2-4-15(19)9-13/h2-6,9-10,12H,7-8,11H2,1H3,(H,21,25). The second-order valence-corrected chi connectivity index (χ2v) is 5.56. The summed E-state index contributed by atoms with van der Waals surface area (Å²) < 4.78 is 20.1. The Labute approximate surface area is 149 Å². The molecule has 1 N–H and O–H groups in total. The van der Waals surface area contributed by atoms with Gasteiger partial charge in [-0.05, 0) is 24.3 Å². The smallest absolute Gasteiger partial charge is 0.253 e. The number of hydrogen-bond donors (Lipinski definition) is 1. The Balaban J connectivity index is 1.63. The van der Waals surface area contributed by atoms with Crippen molar-refractivity contribution in [2.24, 2.45) is 0 Å². The monoisotopic (exact) mass is 355 g/mol. The van der Waals surface area contributed by atoms with Gasteiger partial charge in [-0.2, -0.15) is 0 Å². The first-order valence-electron chi connectivity index (χ1n) is 8.03. The van der Waals surface area contributed by atoms with Gasteiger partial charge in [0, 0.05) is 25.4 Å². The largest absolute Gasteiger partial charge is 0.383 e. The van der Waals surface area contributed by atoms with E-state index in [0.29, 0.717) is 35.8 Å². The molecule has 0 bridgehead atoms. The Kier molecular flexibility index (Phi) is 5.65. The quantitative estimate of drug-likeness (QED) is 0.701. The number of rotatable bonds is 7. The Morgan fingerprint density at radius 1 is 1.31 bits per heavy atom. The summed E-state index contributed by atoms with van der Waals surface area (Å²) in [7, 11) is 1.62. The third-order valence-electron chi connectivity index (χ3n) is 3.79. The lowest BCUT2D eigenvalue weighted by Gasteiger charge is -2.08. The van der Waals surface area contributed by atoms with Crippen molar-refractivity contribution < 1.29 is 13.9 Å². The van der Waals surface area contributed by atoms with E-state index in [-0.39, 0.29) is 18.3 Å². The van der Waals surface area contributed by atoms with E-state index in [1.54, 1.807) is 37.7 Å². The van der Waals surface area contributed by atoms with Gasteiger partial charge in [0.2, 0.25) is 0 Å². The van der Waals surface area contributed by atoms with E-state index in [0.717, 1.165) is 0 Å². The average Bonchev–Trinajstić information content (AvgIpc) is 3.12. The Hall–Kier alpha value is -3.13. The molecule has 2 heterocycles. The fraction of sp³-hybridized carbons (Fsp3) is 0.222. The number of ether oxygens (including phenoxy) is 1. The second-order valence-electron chi connectivity index (χ2n) is 5.56. The highest BCUT2D eigenvalue weighted by Gasteiger charge is 2.10. The molecule has 3 aromatic rings. The van der Waals surface area contributed by atoms with Crippen LogP contribution in [0.2, 0.25) is 0 Å². The molecule has 1 aromatic carbocycles. The summed E-state index contributed by atoms with van der Waals surface area (Å²) in [5.41, 5.74) is 1.66. The number of nitrogens with zero attached hydrogens (tertiary/aromatic N) is 4. The summed E-state index contributed by atoms with van der Waals surface area (Å²) in [6, 6.07) is 9.49. The summed E-state index contributed by atoms with van der Waals surface area (Å²) in [6.07, 6.45) is 3.06. The summed E-state index contributed by atoms with van der Waals surface area (Å²) in [5.74, 6) is 0.0352. The van der Waals surface area contributed by atoms with Crippen LogP contribution in [0.5, 0.6) is 0 Å². The van der Waals surface area contributed by atoms with Gasteiger partial charge < -0.3 is 14.6 Å². The molecule has 0 aliphatic heterocycles. The highest BCUT2D eigenvalue weighted by molar-refractivity contribution is 5.94. The van der Waals surface area contributed by atoms with Crippen LogP contribution in [0.1, 0.15) is 16.2 Å². The molecule has 2 aromatic heterocycles. The van der Waals surface area contributed by atoms with E-state index < -0.39 is 0 Å². The molecule has 0 unspecified atom stereocenters. The van der Waals surface area contributed by atoms with E-state index >= 15 is 0 Å². The highest BCUT2D eigenvalue weighted by atomic mass is 19.1. The number of carbonyl (C=O) groups excluding carboxylic acids is 1. The van der Waals surface area contributed by atoms with Gasteiger partial charge in [0.05, 0.1) is 24.4 Å². The third-order valence-corrected chi connectivity index (χ3v) is 3.79. The number of hydrogen-bond acceptors (Lipinski definition) is 5. The minimum absolute atomic E-state index is 0.244. The third kappa shape index (κ3) is 4.28. The zero-order valence-corrected chi connectivity index (χ0v) is 14.2. The zero-order valence-electron chi connectivity index (χ0n) is 14.2. The van der Waals surface area contributed by atoms with Crippen molar-refractivity contribution in [3.63, 3.8) is 0 Å². The van der Waals surface area contributed by atoms with E-state index in [2.05, 4.69) is 20.5 Å². The van der Waals surface area contributed by atoms with Gasteiger partial charge in [-0.15, -0.1) is 10.2 Å². The van der Waals surface area contributed by atoms with Crippen molar-refractivity contribution in [3.05, 3.63) is 66.1 Å². The lowest BCUT2D eigenvalue weighted by molar-refractivity contribution is 0.0949. The molecule has 3 rings (SSSR count). The van der Waals surface area contributed by atoms with Gasteiger partial charge in [-0.25, -0.2) is 4.39 Å². The zero-order chi connectivity index (χ0) is 18.4. The van der Waals surface area contributed by atoms with E-state index in [1.165, 1.54) is 18.3 Å². The molecule has 0 spiro atoms. The maximum atomic E-state index is 13.3. The van der Waals surface area contributed by atoms with Crippen LogP contribution in [0.4, 0.5) is 4.39 Å². The van der Waals surface area contributed by atoms with Gasteiger partial charge in [-0.3, -0.25) is 9.78 Å². The Bertz CT molecular complexity index is 879. The average molecular weight is 355 g/mol. The number of aromatic nitrogens is 4. The SMILES string of the molecule is COCCn1cnnc1CNC(=O)c1ccc(-c2cccc(F)c2)nc1. The van der Waals surface area contributed by atoms with Crippen LogP contribution in [0, 0.1) is 5.82 Å². The molecule has 0 aliphatic carbocycles. The molecule has 26 heavy (non-hydrogen) atoms. The van der Waals surface area contributed by atoms with Crippen molar-refractivity contribution in [1.29, 1.82) is 0 Å². The molecule has 8 heteroatoms. The normalized spacial score (nSPS) is 10.7. The molecule has 0 aliphatic rings. The molecular formula is C18H18FN5O2.